The highest BCUT2D eigenvalue weighted by molar-refractivity contribution is 9.10. The van der Waals surface area contributed by atoms with E-state index in [1.807, 2.05) is 0 Å². The lowest BCUT2D eigenvalue weighted by molar-refractivity contribution is -0.126. The van der Waals surface area contributed by atoms with Crippen LogP contribution in [-0.4, -0.2) is 6.18 Å². The Morgan fingerprint density at radius 2 is 1.95 bits per heavy atom. The number of rotatable bonds is 3. The quantitative estimate of drug-likeness (QED) is 0.611. The first kappa shape index (κ1) is 15.1. The highest BCUT2D eigenvalue weighted by atomic mass is 79.9. The molecule has 0 aromatic carbocycles. The third-order valence-corrected chi connectivity index (χ3v) is 2.32. The predicted octanol–water partition coefficient (Wildman–Crippen LogP) is 4.35. The van der Waals surface area contributed by atoms with Crippen molar-refractivity contribution in [1.29, 1.82) is 10.5 Å². The van der Waals surface area contributed by atoms with E-state index in [0.717, 1.165) is 12.2 Å². The summed E-state index contributed by atoms with van der Waals surface area (Å²) in [5, 5.41) is 17.1. The number of alkyl halides is 3. The smallest absolute Gasteiger partial charge is 0.393 e. The molecule has 0 unspecified atom stereocenters. The van der Waals surface area contributed by atoms with Crippen molar-refractivity contribution >= 4 is 22.0 Å². The minimum Gasteiger partial charge on any atom is -0.450 e. The Kier molecular flexibility index (Phi) is 4.96. The number of furan rings is 1. The molecule has 0 aliphatic carbocycles. The van der Waals surface area contributed by atoms with Crippen molar-refractivity contribution in [2.45, 2.75) is 12.6 Å². The van der Waals surface area contributed by atoms with Gasteiger partial charge in [0.2, 0.25) is 0 Å². The van der Waals surface area contributed by atoms with E-state index < -0.39 is 18.2 Å². The maximum atomic E-state index is 12.4. The molecular formula is C12H6BrF3N2O. The molecular weight excluding hydrogens is 325 g/mol. The summed E-state index contributed by atoms with van der Waals surface area (Å²) in [6, 6.07) is 6.01. The highest BCUT2D eigenvalue weighted by Gasteiger charge is 2.28. The number of halogens is 4. The van der Waals surface area contributed by atoms with Crippen LogP contribution in [0.15, 0.2) is 38.4 Å². The van der Waals surface area contributed by atoms with Crippen LogP contribution in [0.2, 0.25) is 0 Å². The summed E-state index contributed by atoms with van der Waals surface area (Å²) < 4.78 is 42.6. The van der Waals surface area contributed by atoms with E-state index in [4.69, 9.17) is 14.9 Å². The molecule has 0 saturated carbocycles. The minimum absolute atomic E-state index is 0.192. The van der Waals surface area contributed by atoms with E-state index in [2.05, 4.69) is 15.9 Å². The fraction of sp³-hybridized carbons (Fsp3) is 0.167. The molecule has 0 aliphatic heterocycles. The van der Waals surface area contributed by atoms with Gasteiger partial charge in [-0.05, 0) is 45.8 Å². The van der Waals surface area contributed by atoms with E-state index in [1.165, 1.54) is 24.3 Å². The first-order valence-electron chi connectivity index (χ1n) is 4.88. The van der Waals surface area contributed by atoms with Gasteiger partial charge in [-0.15, -0.1) is 0 Å². The SMILES string of the molecule is N#CC(C#N)=C/C(=C/c1ccc(Br)o1)CC(F)(F)F. The van der Waals surface area contributed by atoms with Crippen molar-refractivity contribution in [3.8, 4) is 12.1 Å². The van der Waals surface area contributed by atoms with Crippen LogP contribution in [0.3, 0.4) is 0 Å². The zero-order chi connectivity index (χ0) is 14.5. The van der Waals surface area contributed by atoms with Crippen LogP contribution in [0.4, 0.5) is 13.2 Å². The molecule has 0 amide bonds. The Bertz CT molecular complexity index is 584. The molecule has 98 valence electrons. The predicted molar refractivity (Wildman–Crippen MR) is 64.4 cm³/mol. The van der Waals surface area contributed by atoms with Gasteiger partial charge < -0.3 is 4.42 Å². The maximum Gasteiger partial charge on any atom is 0.393 e. The van der Waals surface area contributed by atoms with Crippen LogP contribution in [0.5, 0.6) is 0 Å². The lowest BCUT2D eigenvalue weighted by atomic mass is 10.1. The second kappa shape index (κ2) is 6.26. The molecule has 7 heteroatoms. The minimum atomic E-state index is -4.44. The zero-order valence-corrected chi connectivity index (χ0v) is 10.9. The zero-order valence-electron chi connectivity index (χ0n) is 9.33. The lowest BCUT2D eigenvalue weighted by Gasteiger charge is -2.06. The molecule has 1 heterocycles. The molecule has 1 rings (SSSR count). The average Bonchev–Trinajstić information content (AvgIpc) is 2.69. The van der Waals surface area contributed by atoms with Crippen LogP contribution in [0.25, 0.3) is 6.08 Å². The van der Waals surface area contributed by atoms with Gasteiger partial charge in [-0.3, -0.25) is 0 Å². The molecule has 0 fully saturated rings. The number of allylic oxidation sites excluding steroid dienone is 3. The van der Waals surface area contributed by atoms with Crippen molar-refractivity contribution in [2.75, 3.05) is 0 Å². The molecule has 0 bridgehead atoms. The lowest BCUT2D eigenvalue weighted by Crippen LogP contribution is -2.07. The molecule has 3 nitrogen and oxygen atoms in total. The van der Waals surface area contributed by atoms with E-state index in [-0.39, 0.29) is 11.3 Å². The number of hydrogen-bond donors (Lipinski definition) is 0. The Balaban J connectivity index is 3.14. The summed E-state index contributed by atoms with van der Waals surface area (Å²) in [5.41, 5.74) is -0.631. The summed E-state index contributed by atoms with van der Waals surface area (Å²) in [6.45, 7) is 0. The fourth-order valence-electron chi connectivity index (χ4n) is 1.24. The van der Waals surface area contributed by atoms with Crippen LogP contribution >= 0.6 is 15.9 Å². The maximum absolute atomic E-state index is 12.4. The Morgan fingerprint density at radius 1 is 1.32 bits per heavy atom. The van der Waals surface area contributed by atoms with Gasteiger partial charge in [-0.2, -0.15) is 23.7 Å². The van der Waals surface area contributed by atoms with Crippen molar-refractivity contribution < 1.29 is 17.6 Å². The number of nitriles is 2. The molecule has 0 saturated heterocycles. The van der Waals surface area contributed by atoms with Crippen molar-refractivity contribution in [1.82, 2.24) is 0 Å². The summed E-state index contributed by atoms with van der Waals surface area (Å²) >= 11 is 3.02. The molecule has 0 atom stereocenters. The topological polar surface area (TPSA) is 60.7 Å². The van der Waals surface area contributed by atoms with Gasteiger partial charge in [-0.25, -0.2) is 0 Å². The monoisotopic (exact) mass is 330 g/mol. The van der Waals surface area contributed by atoms with E-state index in [9.17, 15) is 13.2 Å². The van der Waals surface area contributed by atoms with Gasteiger partial charge in [0.1, 0.15) is 23.5 Å². The second-order valence-corrected chi connectivity index (χ2v) is 4.22. The van der Waals surface area contributed by atoms with Gasteiger partial charge in [0.05, 0.1) is 6.42 Å². The van der Waals surface area contributed by atoms with Crippen molar-refractivity contribution in [2.24, 2.45) is 0 Å². The largest absolute Gasteiger partial charge is 0.450 e. The number of hydrogen-bond acceptors (Lipinski definition) is 3. The standard InChI is InChI=1S/C12H6BrF3N2O/c13-11-2-1-10(19-11)4-8(5-12(14,15)16)3-9(6-17)7-18/h1-4H,5H2/b8-4-. The Hall–Kier alpha value is -1.99. The van der Waals surface area contributed by atoms with Gasteiger partial charge in [-0.1, -0.05) is 0 Å². The highest BCUT2D eigenvalue weighted by Crippen LogP contribution is 2.28. The summed E-state index contributed by atoms with van der Waals surface area (Å²) in [5.74, 6) is 0.192. The molecule has 19 heavy (non-hydrogen) atoms. The normalized spacial score (nSPS) is 11.6. The summed E-state index contributed by atoms with van der Waals surface area (Å²) in [7, 11) is 0. The average molecular weight is 331 g/mol. The first-order chi connectivity index (χ1) is 8.84. The molecule has 0 aliphatic rings. The third-order valence-electron chi connectivity index (χ3n) is 1.90. The second-order valence-electron chi connectivity index (χ2n) is 3.43. The fourth-order valence-corrected chi connectivity index (χ4v) is 1.56. The van der Waals surface area contributed by atoms with E-state index in [1.54, 1.807) is 0 Å². The molecule has 1 aromatic heterocycles. The molecule has 0 spiro atoms. The van der Waals surface area contributed by atoms with Crippen LogP contribution < -0.4 is 0 Å². The van der Waals surface area contributed by atoms with Crippen LogP contribution in [-0.2, 0) is 0 Å². The van der Waals surface area contributed by atoms with E-state index >= 15 is 0 Å². The van der Waals surface area contributed by atoms with Gasteiger partial charge in [0, 0.05) is 0 Å². The van der Waals surface area contributed by atoms with Crippen LogP contribution in [0, 0.1) is 22.7 Å². The van der Waals surface area contributed by atoms with Gasteiger partial charge >= 0.3 is 6.18 Å². The van der Waals surface area contributed by atoms with Gasteiger partial charge in [0.25, 0.3) is 0 Å². The summed E-state index contributed by atoms with van der Waals surface area (Å²) in [6.07, 6.45) is -3.67. The first-order valence-corrected chi connectivity index (χ1v) is 5.68. The number of nitrogens with zero attached hydrogens (tertiary/aromatic N) is 2. The van der Waals surface area contributed by atoms with Gasteiger partial charge in [0.15, 0.2) is 4.67 Å². The molecule has 0 N–H and O–H groups in total. The van der Waals surface area contributed by atoms with E-state index in [0.29, 0.717) is 4.67 Å². The van der Waals surface area contributed by atoms with Crippen molar-refractivity contribution in [3.63, 3.8) is 0 Å². The Labute approximate surface area is 115 Å². The molecule has 1 aromatic rings. The Morgan fingerprint density at radius 3 is 2.37 bits per heavy atom. The van der Waals surface area contributed by atoms with Crippen LogP contribution in [0.1, 0.15) is 12.2 Å². The van der Waals surface area contributed by atoms with Crippen molar-refractivity contribution in [3.05, 3.63) is 39.8 Å². The third kappa shape index (κ3) is 5.45. The molecule has 0 radical (unpaired) electrons. The summed E-state index contributed by atoms with van der Waals surface area (Å²) in [4.78, 5) is 0.